The number of methoxy groups -OCH3 is 2. The fraction of sp³-hybridized carbons (Fsp3) is 0.375. The van der Waals surface area contributed by atoms with E-state index >= 15 is 0 Å². The zero-order valence-corrected chi connectivity index (χ0v) is 17.7. The van der Waals surface area contributed by atoms with Crippen molar-refractivity contribution in [2.75, 3.05) is 20.8 Å². The lowest BCUT2D eigenvalue weighted by molar-refractivity contribution is 0.104. The van der Waals surface area contributed by atoms with E-state index in [-0.39, 0.29) is 11.2 Å². The summed E-state index contributed by atoms with van der Waals surface area (Å²) in [5.41, 5.74) is 2.40. The molecular weight excluding hydrogens is 352 g/mol. The molecule has 4 heteroatoms. The Hall–Kier alpha value is -2.75. The standard InChI is InChI=1S/C24H30O4/c1-7-14-28-19-11-8-17(9-12-19)21(25)13-10-18-15-20(26-5)16-22(27-6)23(18)24(2,3)4/h8-13,15-16H,7,14H2,1-6H3/b13-10+. The maximum Gasteiger partial charge on any atom is 0.185 e. The van der Waals surface area contributed by atoms with Gasteiger partial charge in [-0.2, -0.15) is 0 Å². The van der Waals surface area contributed by atoms with Gasteiger partial charge in [-0.3, -0.25) is 4.79 Å². The summed E-state index contributed by atoms with van der Waals surface area (Å²) in [6.07, 6.45) is 4.37. The van der Waals surface area contributed by atoms with Crippen LogP contribution in [0.3, 0.4) is 0 Å². The molecule has 0 spiro atoms. The Bertz CT molecular complexity index is 827. The summed E-state index contributed by atoms with van der Waals surface area (Å²) in [5.74, 6) is 2.14. The molecule has 28 heavy (non-hydrogen) atoms. The van der Waals surface area contributed by atoms with Crippen molar-refractivity contribution in [3.05, 3.63) is 59.2 Å². The summed E-state index contributed by atoms with van der Waals surface area (Å²) in [7, 11) is 3.26. The molecule has 0 bridgehead atoms. The van der Waals surface area contributed by atoms with Crippen LogP contribution < -0.4 is 14.2 Å². The van der Waals surface area contributed by atoms with Crippen LogP contribution in [0.5, 0.6) is 17.2 Å². The van der Waals surface area contributed by atoms with Gasteiger partial charge in [0, 0.05) is 17.2 Å². The van der Waals surface area contributed by atoms with E-state index in [2.05, 4.69) is 27.7 Å². The minimum absolute atomic E-state index is 0.0660. The number of benzene rings is 2. The molecule has 0 heterocycles. The molecule has 0 aliphatic heterocycles. The van der Waals surface area contributed by atoms with E-state index in [0.717, 1.165) is 29.0 Å². The highest BCUT2D eigenvalue weighted by Gasteiger charge is 2.23. The molecule has 0 aliphatic rings. The van der Waals surface area contributed by atoms with E-state index in [4.69, 9.17) is 14.2 Å². The van der Waals surface area contributed by atoms with Crippen molar-refractivity contribution >= 4 is 11.9 Å². The Morgan fingerprint density at radius 1 is 1.00 bits per heavy atom. The second-order valence-electron chi connectivity index (χ2n) is 7.61. The fourth-order valence-corrected chi connectivity index (χ4v) is 3.02. The average Bonchev–Trinajstić information content (AvgIpc) is 2.69. The van der Waals surface area contributed by atoms with Crippen molar-refractivity contribution < 1.29 is 19.0 Å². The molecule has 150 valence electrons. The van der Waals surface area contributed by atoms with E-state index in [1.807, 2.05) is 30.3 Å². The van der Waals surface area contributed by atoms with Gasteiger partial charge in [0.2, 0.25) is 0 Å². The number of ether oxygens (including phenoxy) is 3. The smallest absolute Gasteiger partial charge is 0.185 e. The molecule has 0 saturated heterocycles. The number of carbonyl (C=O) groups excluding carboxylic acids is 1. The quantitative estimate of drug-likeness (QED) is 0.435. The first-order valence-electron chi connectivity index (χ1n) is 9.52. The Balaban J connectivity index is 2.33. The molecule has 0 radical (unpaired) electrons. The van der Waals surface area contributed by atoms with Crippen LogP contribution in [-0.4, -0.2) is 26.6 Å². The second-order valence-corrected chi connectivity index (χ2v) is 7.61. The summed E-state index contributed by atoms with van der Waals surface area (Å²) in [5, 5.41) is 0. The molecule has 2 aromatic carbocycles. The van der Waals surface area contributed by atoms with Crippen molar-refractivity contribution in [3.8, 4) is 17.2 Å². The predicted octanol–water partition coefficient (Wildman–Crippen LogP) is 5.69. The average molecular weight is 383 g/mol. The van der Waals surface area contributed by atoms with E-state index < -0.39 is 0 Å². The van der Waals surface area contributed by atoms with Crippen molar-refractivity contribution in [3.63, 3.8) is 0 Å². The van der Waals surface area contributed by atoms with Crippen LogP contribution in [0.15, 0.2) is 42.5 Å². The second kappa shape index (κ2) is 9.45. The van der Waals surface area contributed by atoms with Crippen LogP contribution in [0.25, 0.3) is 6.08 Å². The highest BCUT2D eigenvalue weighted by atomic mass is 16.5. The lowest BCUT2D eigenvalue weighted by atomic mass is 9.82. The van der Waals surface area contributed by atoms with Gasteiger partial charge in [0.15, 0.2) is 5.78 Å². The van der Waals surface area contributed by atoms with Crippen molar-refractivity contribution in [1.82, 2.24) is 0 Å². The molecule has 2 rings (SSSR count). The van der Waals surface area contributed by atoms with Gasteiger partial charge in [-0.15, -0.1) is 0 Å². The molecule has 0 amide bonds. The minimum Gasteiger partial charge on any atom is -0.497 e. The molecule has 0 aliphatic carbocycles. The molecule has 0 atom stereocenters. The van der Waals surface area contributed by atoms with Crippen molar-refractivity contribution in [2.45, 2.75) is 39.5 Å². The van der Waals surface area contributed by atoms with Gasteiger partial charge in [-0.1, -0.05) is 33.8 Å². The summed E-state index contributed by atoms with van der Waals surface area (Å²) in [4.78, 5) is 12.6. The van der Waals surface area contributed by atoms with Crippen LogP contribution in [-0.2, 0) is 5.41 Å². The van der Waals surface area contributed by atoms with Gasteiger partial charge >= 0.3 is 0 Å². The first-order valence-corrected chi connectivity index (χ1v) is 9.52. The third-order valence-electron chi connectivity index (χ3n) is 4.34. The van der Waals surface area contributed by atoms with E-state index in [9.17, 15) is 4.79 Å². The normalized spacial score (nSPS) is 11.5. The lowest BCUT2D eigenvalue weighted by Crippen LogP contribution is -2.15. The number of carbonyl (C=O) groups is 1. The van der Waals surface area contributed by atoms with Crippen LogP contribution in [0, 0.1) is 0 Å². The predicted molar refractivity (Wildman–Crippen MR) is 114 cm³/mol. The first-order chi connectivity index (χ1) is 13.3. The molecule has 4 nitrogen and oxygen atoms in total. The summed E-state index contributed by atoms with van der Waals surface area (Å²) < 4.78 is 16.5. The molecule has 0 saturated carbocycles. The lowest BCUT2D eigenvalue weighted by Gasteiger charge is -2.25. The fourth-order valence-electron chi connectivity index (χ4n) is 3.02. The van der Waals surface area contributed by atoms with Crippen LogP contribution in [0.4, 0.5) is 0 Å². The molecular formula is C24H30O4. The van der Waals surface area contributed by atoms with Gasteiger partial charge in [-0.05, 0) is 53.8 Å². The van der Waals surface area contributed by atoms with Crippen LogP contribution in [0.2, 0.25) is 0 Å². The number of ketones is 1. The van der Waals surface area contributed by atoms with Crippen LogP contribution in [0.1, 0.15) is 55.6 Å². The first kappa shape index (κ1) is 21.5. The van der Waals surface area contributed by atoms with E-state index in [1.54, 1.807) is 32.4 Å². The monoisotopic (exact) mass is 382 g/mol. The maximum absolute atomic E-state index is 12.6. The highest BCUT2D eigenvalue weighted by molar-refractivity contribution is 6.07. The van der Waals surface area contributed by atoms with Gasteiger partial charge in [0.05, 0.1) is 20.8 Å². The Labute approximate surface area is 168 Å². The van der Waals surface area contributed by atoms with E-state index in [1.165, 1.54) is 0 Å². The van der Waals surface area contributed by atoms with Gasteiger partial charge in [0.25, 0.3) is 0 Å². The van der Waals surface area contributed by atoms with Gasteiger partial charge in [-0.25, -0.2) is 0 Å². The summed E-state index contributed by atoms with van der Waals surface area (Å²) >= 11 is 0. The summed E-state index contributed by atoms with van der Waals surface area (Å²) in [6.45, 7) is 9.07. The minimum atomic E-state index is -0.154. The van der Waals surface area contributed by atoms with Crippen LogP contribution >= 0.6 is 0 Å². The number of rotatable bonds is 8. The molecule has 0 unspecified atom stereocenters. The van der Waals surface area contributed by atoms with E-state index in [0.29, 0.717) is 17.9 Å². The third-order valence-corrected chi connectivity index (χ3v) is 4.34. The Morgan fingerprint density at radius 2 is 1.68 bits per heavy atom. The largest absolute Gasteiger partial charge is 0.497 e. The zero-order valence-electron chi connectivity index (χ0n) is 17.7. The molecule has 0 fully saturated rings. The van der Waals surface area contributed by atoms with Gasteiger partial charge < -0.3 is 14.2 Å². The SMILES string of the molecule is CCCOc1ccc(C(=O)/C=C/c2cc(OC)cc(OC)c2C(C)(C)C)cc1. The zero-order chi connectivity index (χ0) is 20.7. The van der Waals surface area contributed by atoms with Crippen molar-refractivity contribution in [1.29, 1.82) is 0 Å². The van der Waals surface area contributed by atoms with Crippen molar-refractivity contribution in [2.24, 2.45) is 0 Å². The maximum atomic E-state index is 12.6. The summed E-state index contributed by atoms with van der Waals surface area (Å²) in [6, 6.07) is 11.0. The Morgan fingerprint density at radius 3 is 2.21 bits per heavy atom. The number of hydrogen-bond donors (Lipinski definition) is 0. The highest BCUT2D eigenvalue weighted by Crippen LogP contribution is 2.38. The third kappa shape index (κ3) is 5.38. The molecule has 2 aromatic rings. The van der Waals surface area contributed by atoms with Gasteiger partial charge in [0.1, 0.15) is 17.2 Å². The molecule has 0 aromatic heterocycles. The Kier molecular flexibility index (Phi) is 7.27. The topological polar surface area (TPSA) is 44.8 Å². The number of hydrogen-bond acceptors (Lipinski definition) is 4. The molecule has 0 N–H and O–H groups in total. The number of allylic oxidation sites excluding steroid dienone is 1.